The summed E-state index contributed by atoms with van der Waals surface area (Å²) >= 11 is 0. The third kappa shape index (κ3) is 5.73. The Morgan fingerprint density at radius 2 is 0.979 bits per heavy atom. The van der Waals surface area contributed by atoms with Gasteiger partial charge in [-0.1, -0.05) is 49.2 Å². The molecule has 3 saturated carbocycles. The van der Waals surface area contributed by atoms with Crippen LogP contribution in [-0.2, 0) is 23.6 Å². The van der Waals surface area contributed by atoms with Crippen molar-refractivity contribution in [3.8, 4) is 0 Å². The first kappa shape index (κ1) is 35.5. The molecule has 47 heavy (non-hydrogen) atoms. The minimum absolute atomic E-state index is 0.0877. The van der Waals surface area contributed by atoms with Gasteiger partial charge in [-0.05, 0) is 89.9 Å². The molecule has 3 aliphatic rings. The SMILES string of the molecule is O=S(=O)(c1ccc(S(OS(=O)(=O)C(F)(F)C(F)(F)C(F)(F)C(F)(F)F)(c2ccccc2)c2ccccc2)cc1)C1CC2CCC1CC2. The molecule has 6 rings (SSSR count). The largest absolute Gasteiger partial charge is 0.460 e. The third-order valence-electron chi connectivity index (χ3n) is 8.64. The molecule has 1 unspecified atom stereocenters. The van der Waals surface area contributed by atoms with Crippen LogP contribution in [0.2, 0.25) is 0 Å². The van der Waals surface area contributed by atoms with E-state index in [1.54, 1.807) is 0 Å². The van der Waals surface area contributed by atoms with Crippen LogP contribution in [-0.4, -0.2) is 45.4 Å². The van der Waals surface area contributed by atoms with Crippen molar-refractivity contribution in [1.82, 2.24) is 0 Å². The Labute approximate surface area is 266 Å². The summed E-state index contributed by atoms with van der Waals surface area (Å²) < 4.78 is 184. The molecule has 3 aromatic carbocycles. The minimum Gasteiger partial charge on any atom is -0.223 e. The lowest BCUT2D eigenvalue weighted by molar-refractivity contribution is -0.382. The van der Waals surface area contributed by atoms with E-state index in [4.69, 9.17) is 3.63 Å². The molecule has 0 aliphatic heterocycles. The second kappa shape index (κ2) is 12.0. The summed E-state index contributed by atoms with van der Waals surface area (Å²) in [5.41, 5.74) is 0. The zero-order chi connectivity index (χ0) is 34.7. The molecule has 0 heterocycles. The molecule has 5 nitrogen and oxygen atoms in total. The van der Waals surface area contributed by atoms with Crippen LogP contribution in [0.1, 0.15) is 32.1 Å². The van der Waals surface area contributed by atoms with Crippen LogP contribution in [0.3, 0.4) is 0 Å². The average molecular weight is 735 g/mol. The normalized spacial score (nSPS) is 21.9. The Morgan fingerprint density at radius 3 is 1.38 bits per heavy atom. The zero-order valence-corrected chi connectivity index (χ0v) is 26.5. The molecule has 3 aromatic rings. The van der Waals surface area contributed by atoms with Gasteiger partial charge in [-0.2, -0.15) is 47.9 Å². The van der Waals surface area contributed by atoms with Crippen LogP contribution < -0.4 is 0 Å². The van der Waals surface area contributed by atoms with E-state index < -0.39 is 58.8 Å². The van der Waals surface area contributed by atoms with Crippen LogP contribution in [0.15, 0.2) is 105 Å². The summed E-state index contributed by atoms with van der Waals surface area (Å²) in [6.45, 7) is 0. The quantitative estimate of drug-likeness (QED) is 0.195. The maximum Gasteiger partial charge on any atom is 0.460 e. The Bertz CT molecular complexity index is 1750. The van der Waals surface area contributed by atoms with Crippen molar-refractivity contribution in [3.05, 3.63) is 84.9 Å². The topological polar surface area (TPSA) is 77.5 Å². The van der Waals surface area contributed by atoms with Gasteiger partial charge in [-0.15, -0.1) is 0 Å². The Morgan fingerprint density at radius 1 is 0.553 bits per heavy atom. The molecule has 0 saturated heterocycles. The van der Waals surface area contributed by atoms with E-state index >= 15 is 8.78 Å². The second-order valence-electron chi connectivity index (χ2n) is 11.4. The molecule has 2 bridgehead atoms. The van der Waals surface area contributed by atoms with Crippen LogP contribution in [0.25, 0.3) is 0 Å². The molecule has 258 valence electrons. The Balaban J connectivity index is 1.68. The van der Waals surface area contributed by atoms with E-state index in [-0.39, 0.29) is 31.4 Å². The smallest absolute Gasteiger partial charge is 0.223 e. The van der Waals surface area contributed by atoms with Gasteiger partial charge in [0.05, 0.1) is 10.1 Å². The lowest BCUT2D eigenvalue weighted by Gasteiger charge is -2.42. The van der Waals surface area contributed by atoms with E-state index in [1.165, 1.54) is 36.4 Å². The zero-order valence-electron chi connectivity index (χ0n) is 24.0. The van der Waals surface area contributed by atoms with Gasteiger partial charge in [-0.3, -0.25) is 0 Å². The van der Waals surface area contributed by atoms with Crippen molar-refractivity contribution in [2.45, 2.75) is 80.2 Å². The summed E-state index contributed by atoms with van der Waals surface area (Å²) in [5, 5.41) is -7.82. The highest BCUT2D eigenvalue weighted by Gasteiger charge is 2.86. The van der Waals surface area contributed by atoms with Gasteiger partial charge in [-0.25, -0.2) is 12.0 Å². The van der Waals surface area contributed by atoms with Gasteiger partial charge in [0.25, 0.3) is 0 Å². The first-order valence-corrected chi connectivity index (χ1v) is 18.6. The molecule has 3 fully saturated rings. The van der Waals surface area contributed by atoms with Gasteiger partial charge < -0.3 is 0 Å². The summed E-state index contributed by atoms with van der Waals surface area (Å²) in [6, 6.07) is 16.8. The number of fused-ring (bicyclic) bond motifs is 3. The molecule has 0 aromatic heterocycles. The van der Waals surface area contributed by atoms with Crippen LogP contribution in [0, 0.1) is 11.8 Å². The molecule has 1 atom stereocenters. The molecular formula is C30H27F9O5S3. The van der Waals surface area contributed by atoms with Crippen LogP contribution in [0.4, 0.5) is 39.5 Å². The highest BCUT2D eigenvalue weighted by Crippen LogP contribution is 2.71. The van der Waals surface area contributed by atoms with E-state index in [9.17, 15) is 47.6 Å². The van der Waals surface area contributed by atoms with E-state index in [0.717, 1.165) is 74.2 Å². The fourth-order valence-electron chi connectivity index (χ4n) is 6.14. The number of hydrogen-bond acceptors (Lipinski definition) is 5. The monoisotopic (exact) mass is 734 g/mol. The van der Waals surface area contributed by atoms with Crippen molar-refractivity contribution in [2.24, 2.45) is 11.8 Å². The first-order valence-electron chi connectivity index (χ1n) is 14.1. The fraction of sp³-hybridized carbons (Fsp3) is 0.400. The number of alkyl halides is 9. The van der Waals surface area contributed by atoms with Gasteiger partial charge in [0.15, 0.2) is 9.84 Å². The Hall–Kier alpha value is -2.76. The van der Waals surface area contributed by atoms with Crippen LogP contribution >= 0.6 is 10.3 Å². The summed E-state index contributed by atoms with van der Waals surface area (Å²) in [4.78, 5) is -1.09. The van der Waals surface area contributed by atoms with Gasteiger partial charge in [0.1, 0.15) is 0 Å². The first-order chi connectivity index (χ1) is 21.7. The predicted molar refractivity (Wildman–Crippen MR) is 154 cm³/mol. The number of sulfone groups is 1. The third-order valence-corrected chi connectivity index (χ3v) is 16.2. The van der Waals surface area contributed by atoms with Crippen molar-refractivity contribution in [1.29, 1.82) is 0 Å². The summed E-state index contributed by atoms with van der Waals surface area (Å²) in [5.74, 6) is -14.9. The minimum atomic E-state index is -7.52. The lowest BCUT2D eigenvalue weighted by atomic mass is 9.70. The van der Waals surface area contributed by atoms with Gasteiger partial charge in [0.2, 0.25) is 0 Å². The molecular weight excluding hydrogens is 708 g/mol. The van der Waals surface area contributed by atoms with E-state index in [0.29, 0.717) is 6.42 Å². The highest BCUT2D eigenvalue weighted by atomic mass is 32.3. The number of benzene rings is 3. The van der Waals surface area contributed by atoms with Crippen molar-refractivity contribution >= 4 is 30.3 Å². The average Bonchev–Trinajstić information content (AvgIpc) is 3.04. The second-order valence-corrected chi connectivity index (χ2v) is 18.1. The number of halogens is 9. The molecule has 17 heteroatoms. The standard InChI is InChI=1S/C30H27F9O5S3/c31-27(32,29(35,36)37)28(33,34)30(38,39)47(42,43)44-45(22-7-3-1-4-8-22,23-9-5-2-6-10-23)24-15-17-25(18-16-24)46(40,41)26-19-20-11-13-21(26)14-12-20/h1-10,15-18,20-21,26H,11-14,19H2. The predicted octanol–water partition coefficient (Wildman–Crippen LogP) is 9.01. The van der Waals surface area contributed by atoms with Crippen LogP contribution in [0.5, 0.6) is 0 Å². The lowest BCUT2D eigenvalue weighted by Crippen LogP contribution is -2.63. The molecule has 0 amide bonds. The Kier molecular flexibility index (Phi) is 9.06. The van der Waals surface area contributed by atoms with Crippen molar-refractivity contribution in [3.63, 3.8) is 0 Å². The van der Waals surface area contributed by atoms with Crippen molar-refractivity contribution < 1.29 is 60.0 Å². The van der Waals surface area contributed by atoms with Gasteiger partial charge in [0, 0.05) is 14.7 Å². The van der Waals surface area contributed by atoms with Crippen molar-refractivity contribution in [2.75, 3.05) is 0 Å². The van der Waals surface area contributed by atoms with E-state index in [2.05, 4.69) is 0 Å². The maximum atomic E-state index is 15.1. The number of rotatable bonds is 10. The molecule has 3 aliphatic carbocycles. The van der Waals surface area contributed by atoms with E-state index in [1.807, 2.05) is 0 Å². The molecule has 0 N–H and O–H groups in total. The fourth-order valence-corrected chi connectivity index (χ4v) is 13.5. The maximum absolute atomic E-state index is 15.1. The van der Waals surface area contributed by atoms with Gasteiger partial charge >= 0.3 is 33.4 Å². The highest BCUT2D eigenvalue weighted by molar-refractivity contribution is 8.33. The summed E-state index contributed by atoms with van der Waals surface area (Å²) in [7, 11) is -15.6. The molecule has 0 radical (unpaired) electrons. The summed E-state index contributed by atoms with van der Waals surface area (Å²) in [6.07, 6.45) is -3.58. The number of hydrogen-bond donors (Lipinski definition) is 0. The molecule has 0 spiro atoms.